The normalized spacial score (nSPS) is 25.9. The van der Waals surface area contributed by atoms with E-state index in [-0.39, 0.29) is 11.6 Å². The van der Waals surface area contributed by atoms with Crippen LogP contribution in [-0.4, -0.2) is 11.6 Å². The van der Waals surface area contributed by atoms with Gasteiger partial charge in [-0.3, -0.25) is 0 Å². The predicted octanol–water partition coefficient (Wildman–Crippen LogP) is 2.60. The molecule has 0 radical (unpaired) electrons. The van der Waals surface area contributed by atoms with Gasteiger partial charge >= 0.3 is 5.97 Å². The van der Waals surface area contributed by atoms with E-state index in [9.17, 15) is 4.79 Å². The maximum Gasteiger partial charge on any atom is 0.331 e. The molecular formula is C11H16O2. The lowest BCUT2D eigenvalue weighted by molar-refractivity contribution is -0.144. The zero-order valence-electron chi connectivity index (χ0n) is 8.46. The molecule has 1 atom stereocenters. The predicted molar refractivity (Wildman–Crippen MR) is 52.3 cm³/mol. The first kappa shape index (κ1) is 10.0. The Kier molecular flexibility index (Phi) is 2.91. The Bertz CT molecular complexity index is 259. The lowest BCUT2D eigenvalue weighted by Crippen LogP contribution is -2.23. The van der Waals surface area contributed by atoms with Gasteiger partial charge in [-0.15, -0.1) is 0 Å². The van der Waals surface area contributed by atoms with E-state index in [4.69, 9.17) is 4.74 Å². The Morgan fingerprint density at radius 3 is 2.77 bits per heavy atom. The molecule has 0 aromatic heterocycles. The minimum atomic E-state index is -0.372. The average molecular weight is 180 g/mol. The van der Waals surface area contributed by atoms with E-state index in [0.717, 1.165) is 12.8 Å². The SMILES string of the molecule is CC(C)=CCC[C@@]1(C)C=CC(=O)O1. The molecule has 0 saturated carbocycles. The van der Waals surface area contributed by atoms with Gasteiger partial charge < -0.3 is 4.74 Å². The highest BCUT2D eigenvalue weighted by Gasteiger charge is 2.29. The van der Waals surface area contributed by atoms with Gasteiger partial charge in [0.15, 0.2) is 0 Å². The van der Waals surface area contributed by atoms with E-state index in [1.165, 1.54) is 11.6 Å². The molecule has 13 heavy (non-hydrogen) atoms. The van der Waals surface area contributed by atoms with Crippen LogP contribution in [0.25, 0.3) is 0 Å². The van der Waals surface area contributed by atoms with Gasteiger partial charge in [-0.2, -0.15) is 0 Å². The Labute approximate surface area is 79.3 Å². The maximum absolute atomic E-state index is 10.8. The van der Waals surface area contributed by atoms with Crippen molar-refractivity contribution in [1.29, 1.82) is 0 Å². The Hall–Kier alpha value is -1.05. The highest BCUT2D eigenvalue weighted by atomic mass is 16.6. The second-order valence-corrected chi connectivity index (χ2v) is 3.89. The third-order valence-electron chi connectivity index (χ3n) is 2.10. The first-order valence-corrected chi connectivity index (χ1v) is 4.57. The molecule has 0 unspecified atom stereocenters. The van der Waals surface area contributed by atoms with Crippen molar-refractivity contribution in [3.8, 4) is 0 Å². The number of hydrogen-bond donors (Lipinski definition) is 0. The molecule has 72 valence electrons. The van der Waals surface area contributed by atoms with Crippen molar-refractivity contribution in [2.24, 2.45) is 0 Å². The maximum atomic E-state index is 10.8. The van der Waals surface area contributed by atoms with Gasteiger partial charge in [-0.05, 0) is 39.7 Å². The molecule has 2 nitrogen and oxygen atoms in total. The van der Waals surface area contributed by atoms with Crippen molar-refractivity contribution in [1.82, 2.24) is 0 Å². The van der Waals surface area contributed by atoms with Crippen molar-refractivity contribution in [3.63, 3.8) is 0 Å². The zero-order chi connectivity index (χ0) is 9.90. The van der Waals surface area contributed by atoms with Crippen molar-refractivity contribution >= 4 is 5.97 Å². The monoisotopic (exact) mass is 180 g/mol. The molecule has 0 N–H and O–H groups in total. The van der Waals surface area contributed by atoms with Gasteiger partial charge in [-0.1, -0.05) is 11.6 Å². The third-order valence-corrected chi connectivity index (χ3v) is 2.10. The lowest BCUT2D eigenvalue weighted by atomic mass is 10.00. The van der Waals surface area contributed by atoms with Crippen LogP contribution in [0.4, 0.5) is 0 Å². The Morgan fingerprint density at radius 1 is 1.62 bits per heavy atom. The van der Waals surface area contributed by atoms with Crippen LogP contribution in [0.2, 0.25) is 0 Å². The van der Waals surface area contributed by atoms with Crippen molar-refractivity contribution in [2.75, 3.05) is 0 Å². The fourth-order valence-electron chi connectivity index (χ4n) is 1.32. The molecule has 0 aliphatic carbocycles. The van der Waals surface area contributed by atoms with Gasteiger partial charge in [0, 0.05) is 6.08 Å². The lowest BCUT2D eigenvalue weighted by Gasteiger charge is -2.20. The fraction of sp³-hybridized carbons (Fsp3) is 0.545. The molecule has 0 bridgehead atoms. The summed E-state index contributed by atoms with van der Waals surface area (Å²) in [4.78, 5) is 10.8. The smallest absolute Gasteiger partial charge is 0.331 e. The molecular weight excluding hydrogens is 164 g/mol. The number of hydrogen-bond acceptors (Lipinski definition) is 2. The fourth-order valence-corrected chi connectivity index (χ4v) is 1.32. The second kappa shape index (κ2) is 3.77. The minimum Gasteiger partial charge on any atom is -0.452 e. The quantitative estimate of drug-likeness (QED) is 0.493. The van der Waals surface area contributed by atoms with E-state index < -0.39 is 0 Å². The van der Waals surface area contributed by atoms with E-state index in [0.29, 0.717) is 0 Å². The van der Waals surface area contributed by atoms with Gasteiger partial charge in [0.25, 0.3) is 0 Å². The van der Waals surface area contributed by atoms with Gasteiger partial charge in [0.1, 0.15) is 5.60 Å². The zero-order valence-corrected chi connectivity index (χ0v) is 8.46. The molecule has 2 heteroatoms. The molecule has 1 aliphatic rings. The van der Waals surface area contributed by atoms with Crippen LogP contribution in [0.5, 0.6) is 0 Å². The summed E-state index contributed by atoms with van der Waals surface area (Å²) < 4.78 is 5.15. The second-order valence-electron chi connectivity index (χ2n) is 3.89. The number of allylic oxidation sites excluding steroid dienone is 2. The summed E-state index contributed by atoms with van der Waals surface area (Å²) in [5, 5.41) is 0. The highest BCUT2D eigenvalue weighted by Crippen LogP contribution is 2.24. The van der Waals surface area contributed by atoms with E-state index in [1.807, 2.05) is 13.0 Å². The van der Waals surface area contributed by atoms with Crippen LogP contribution in [0.15, 0.2) is 23.8 Å². The summed E-state index contributed by atoms with van der Waals surface area (Å²) in [5.74, 6) is -0.222. The minimum absolute atomic E-state index is 0.222. The largest absolute Gasteiger partial charge is 0.452 e. The molecule has 0 amide bonds. The molecule has 0 aromatic rings. The standard InChI is InChI=1S/C11H16O2/c1-9(2)5-4-7-11(3)8-6-10(12)13-11/h5-6,8H,4,7H2,1-3H3/t11-/m0/s1. The number of esters is 1. The van der Waals surface area contributed by atoms with Gasteiger partial charge in [0.2, 0.25) is 0 Å². The Morgan fingerprint density at radius 2 is 2.31 bits per heavy atom. The van der Waals surface area contributed by atoms with Crippen LogP contribution in [0.1, 0.15) is 33.6 Å². The van der Waals surface area contributed by atoms with Crippen LogP contribution in [-0.2, 0) is 9.53 Å². The molecule has 0 spiro atoms. The highest BCUT2D eigenvalue weighted by molar-refractivity contribution is 5.85. The molecule has 1 heterocycles. The summed E-state index contributed by atoms with van der Waals surface area (Å²) in [6.07, 6.45) is 7.32. The van der Waals surface area contributed by atoms with Crippen LogP contribution in [0.3, 0.4) is 0 Å². The summed E-state index contributed by atoms with van der Waals surface area (Å²) in [6, 6.07) is 0. The summed E-state index contributed by atoms with van der Waals surface area (Å²) in [5.41, 5.74) is 0.931. The van der Waals surface area contributed by atoms with Gasteiger partial charge in [0.05, 0.1) is 0 Å². The number of carbonyl (C=O) groups excluding carboxylic acids is 1. The average Bonchev–Trinajstić information content (AvgIpc) is 2.30. The van der Waals surface area contributed by atoms with Crippen LogP contribution < -0.4 is 0 Å². The van der Waals surface area contributed by atoms with Gasteiger partial charge in [-0.25, -0.2) is 4.79 Å². The topological polar surface area (TPSA) is 26.3 Å². The third kappa shape index (κ3) is 3.05. The number of ether oxygens (including phenoxy) is 1. The summed E-state index contributed by atoms with van der Waals surface area (Å²) >= 11 is 0. The molecule has 0 aromatic carbocycles. The first-order chi connectivity index (χ1) is 6.02. The number of cyclic esters (lactones) is 1. The summed E-state index contributed by atoms with van der Waals surface area (Å²) in [7, 11) is 0. The Balaban J connectivity index is 2.41. The van der Waals surface area contributed by atoms with Crippen LogP contribution in [0, 0.1) is 0 Å². The van der Waals surface area contributed by atoms with E-state index >= 15 is 0 Å². The van der Waals surface area contributed by atoms with Crippen molar-refractivity contribution in [3.05, 3.63) is 23.8 Å². The number of carbonyl (C=O) groups is 1. The van der Waals surface area contributed by atoms with Crippen molar-refractivity contribution < 1.29 is 9.53 Å². The molecule has 0 fully saturated rings. The molecule has 0 saturated heterocycles. The van der Waals surface area contributed by atoms with Crippen LogP contribution >= 0.6 is 0 Å². The van der Waals surface area contributed by atoms with Crippen molar-refractivity contribution in [2.45, 2.75) is 39.2 Å². The summed E-state index contributed by atoms with van der Waals surface area (Å²) in [6.45, 7) is 6.07. The number of rotatable bonds is 3. The van der Waals surface area contributed by atoms with E-state index in [2.05, 4.69) is 19.9 Å². The van der Waals surface area contributed by atoms with E-state index in [1.54, 1.807) is 0 Å². The molecule has 1 rings (SSSR count). The first-order valence-electron chi connectivity index (χ1n) is 4.57. The molecule has 1 aliphatic heterocycles.